The highest BCUT2D eigenvalue weighted by Crippen LogP contribution is 2.18. The molecule has 0 saturated heterocycles. The zero-order chi connectivity index (χ0) is 20.2. The lowest BCUT2D eigenvalue weighted by Crippen LogP contribution is -2.34. The van der Waals surface area contributed by atoms with Gasteiger partial charge in [-0.15, -0.1) is 0 Å². The molecule has 2 aromatic rings. The molecule has 0 spiro atoms. The summed E-state index contributed by atoms with van der Waals surface area (Å²) in [5.41, 5.74) is 15.2. The Morgan fingerprint density at radius 2 is 1.64 bits per heavy atom. The monoisotopic (exact) mass is 381 g/mol. The van der Waals surface area contributed by atoms with Crippen molar-refractivity contribution in [3.8, 4) is 0 Å². The Balaban J connectivity index is 1.89. The highest BCUT2D eigenvalue weighted by atomic mass is 16.1. The Bertz CT molecular complexity index is 702. The third kappa shape index (κ3) is 8.24. The van der Waals surface area contributed by atoms with Crippen molar-refractivity contribution in [1.82, 2.24) is 5.32 Å². The molecule has 1 amide bonds. The van der Waals surface area contributed by atoms with E-state index in [9.17, 15) is 4.79 Å². The van der Waals surface area contributed by atoms with Crippen LogP contribution in [0.1, 0.15) is 42.4 Å². The molecule has 152 valence electrons. The summed E-state index contributed by atoms with van der Waals surface area (Å²) in [5, 5.41) is 3.11. The Kier molecular flexibility index (Phi) is 9.73. The number of hydrogen-bond acceptors (Lipinski definition) is 3. The molecule has 5 N–H and O–H groups in total. The first-order valence-electron chi connectivity index (χ1n) is 10.4. The fraction of sp³-hybridized carbons (Fsp3) is 0.458. The Morgan fingerprint density at radius 3 is 2.32 bits per heavy atom. The summed E-state index contributed by atoms with van der Waals surface area (Å²) in [6.45, 7) is 3.26. The number of benzene rings is 2. The van der Waals surface area contributed by atoms with Gasteiger partial charge in [-0.3, -0.25) is 4.79 Å². The fourth-order valence-corrected chi connectivity index (χ4v) is 3.44. The molecule has 0 bridgehead atoms. The quantitative estimate of drug-likeness (QED) is 0.493. The predicted octanol–water partition coefficient (Wildman–Crippen LogP) is 3.36. The number of hydrogen-bond donors (Lipinski definition) is 3. The topological polar surface area (TPSA) is 81.1 Å². The minimum atomic E-state index is 0.0175. The highest BCUT2D eigenvalue weighted by molar-refractivity contribution is 5.78. The summed E-state index contributed by atoms with van der Waals surface area (Å²) >= 11 is 0. The van der Waals surface area contributed by atoms with Gasteiger partial charge in [-0.2, -0.15) is 0 Å². The van der Waals surface area contributed by atoms with Crippen LogP contribution in [-0.2, 0) is 17.6 Å². The molecule has 2 atom stereocenters. The van der Waals surface area contributed by atoms with Crippen LogP contribution in [0.15, 0.2) is 54.6 Å². The molecule has 0 saturated carbocycles. The van der Waals surface area contributed by atoms with E-state index in [-0.39, 0.29) is 17.9 Å². The van der Waals surface area contributed by atoms with Crippen molar-refractivity contribution in [1.29, 1.82) is 0 Å². The van der Waals surface area contributed by atoms with Crippen molar-refractivity contribution in [3.63, 3.8) is 0 Å². The average Bonchev–Trinajstić information content (AvgIpc) is 2.71. The molecule has 0 aliphatic carbocycles. The van der Waals surface area contributed by atoms with Crippen molar-refractivity contribution < 1.29 is 4.79 Å². The molecule has 0 heterocycles. The molecule has 28 heavy (non-hydrogen) atoms. The number of nitrogens with two attached hydrogens (primary N) is 2. The van der Waals surface area contributed by atoms with Crippen LogP contribution in [0.25, 0.3) is 0 Å². The van der Waals surface area contributed by atoms with Crippen LogP contribution in [0.4, 0.5) is 0 Å². The molecule has 2 rings (SSSR count). The van der Waals surface area contributed by atoms with E-state index in [0.29, 0.717) is 13.1 Å². The third-order valence-electron chi connectivity index (χ3n) is 5.21. The van der Waals surface area contributed by atoms with E-state index < -0.39 is 0 Å². The first kappa shape index (κ1) is 22.1. The first-order chi connectivity index (χ1) is 13.6. The van der Waals surface area contributed by atoms with Crippen LogP contribution >= 0.6 is 0 Å². The molecule has 0 aliphatic rings. The molecule has 0 aromatic heterocycles. The maximum absolute atomic E-state index is 12.8. The lowest BCUT2D eigenvalue weighted by atomic mass is 9.92. The van der Waals surface area contributed by atoms with Gasteiger partial charge in [0, 0.05) is 25.0 Å². The lowest BCUT2D eigenvalue weighted by Gasteiger charge is -2.18. The zero-order valence-corrected chi connectivity index (χ0v) is 17.1. The summed E-state index contributed by atoms with van der Waals surface area (Å²) < 4.78 is 0. The second-order valence-electron chi connectivity index (χ2n) is 7.68. The highest BCUT2D eigenvalue weighted by Gasteiger charge is 2.18. The molecule has 0 radical (unpaired) electrons. The molecule has 4 nitrogen and oxygen atoms in total. The van der Waals surface area contributed by atoms with Crippen LogP contribution in [-0.4, -0.2) is 25.0 Å². The molecule has 2 aromatic carbocycles. The maximum Gasteiger partial charge on any atom is 0.223 e. The van der Waals surface area contributed by atoms with Gasteiger partial charge in [-0.05, 0) is 56.6 Å². The van der Waals surface area contributed by atoms with Crippen LogP contribution in [0, 0.1) is 12.8 Å². The number of rotatable bonds is 12. The van der Waals surface area contributed by atoms with Crippen molar-refractivity contribution in [2.75, 3.05) is 13.1 Å². The largest absolute Gasteiger partial charge is 0.356 e. The normalized spacial score (nSPS) is 13.1. The summed E-state index contributed by atoms with van der Waals surface area (Å²) in [4.78, 5) is 12.8. The third-order valence-corrected chi connectivity index (χ3v) is 5.21. The number of carbonyl (C=O) groups excluding carboxylic acids is 1. The van der Waals surface area contributed by atoms with Crippen molar-refractivity contribution in [2.24, 2.45) is 17.4 Å². The summed E-state index contributed by atoms with van der Waals surface area (Å²) in [6, 6.07) is 19.0. The van der Waals surface area contributed by atoms with Crippen LogP contribution < -0.4 is 16.8 Å². The standard InChI is InChI=1S/C24H35N3O/c1-19-7-5-10-21(17-19)13-15-22(14-12-20-8-3-2-4-9-20)24(28)27-16-6-11-23(26)18-25/h2-5,7-10,17,22-23H,6,11-16,18,25-26H2,1H3,(H,27,28)/t22?,23-/m0/s1. The Labute approximate surface area is 169 Å². The summed E-state index contributed by atoms with van der Waals surface area (Å²) in [7, 11) is 0. The Hall–Kier alpha value is -2.17. The zero-order valence-electron chi connectivity index (χ0n) is 17.1. The van der Waals surface area contributed by atoms with E-state index >= 15 is 0 Å². The van der Waals surface area contributed by atoms with Crippen LogP contribution in [0.2, 0.25) is 0 Å². The van der Waals surface area contributed by atoms with Gasteiger partial charge >= 0.3 is 0 Å². The maximum atomic E-state index is 12.8. The summed E-state index contributed by atoms with van der Waals surface area (Å²) in [6.07, 6.45) is 5.29. The van der Waals surface area contributed by atoms with Crippen molar-refractivity contribution in [2.45, 2.75) is 51.5 Å². The fourth-order valence-electron chi connectivity index (χ4n) is 3.44. The number of amides is 1. The lowest BCUT2D eigenvalue weighted by molar-refractivity contribution is -0.125. The first-order valence-corrected chi connectivity index (χ1v) is 10.4. The second kappa shape index (κ2) is 12.3. The second-order valence-corrected chi connectivity index (χ2v) is 7.68. The van der Waals surface area contributed by atoms with E-state index in [0.717, 1.165) is 38.5 Å². The van der Waals surface area contributed by atoms with E-state index in [1.165, 1.54) is 16.7 Å². The smallest absolute Gasteiger partial charge is 0.223 e. The minimum absolute atomic E-state index is 0.0175. The van der Waals surface area contributed by atoms with E-state index in [1.807, 2.05) is 6.07 Å². The van der Waals surface area contributed by atoms with Gasteiger partial charge in [-0.25, -0.2) is 0 Å². The molecule has 0 fully saturated rings. The molecular weight excluding hydrogens is 346 g/mol. The van der Waals surface area contributed by atoms with Crippen molar-refractivity contribution in [3.05, 3.63) is 71.3 Å². The van der Waals surface area contributed by atoms with Crippen LogP contribution in [0.3, 0.4) is 0 Å². The Morgan fingerprint density at radius 1 is 0.964 bits per heavy atom. The van der Waals surface area contributed by atoms with Crippen LogP contribution in [0.5, 0.6) is 0 Å². The van der Waals surface area contributed by atoms with Gasteiger partial charge in [0.1, 0.15) is 0 Å². The molecule has 1 unspecified atom stereocenters. The summed E-state index contributed by atoms with van der Waals surface area (Å²) in [5.74, 6) is 0.175. The molecule has 0 aliphatic heterocycles. The van der Waals surface area contributed by atoms with Gasteiger partial charge in [0.2, 0.25) is 5.91 Å². The van der Waals surface area contributed by atoms with E-state index in [1.54, 1.807) is 0 Å². The SMILES string of the molecule is Cc1cccc(CCC(CCc2ccccc2)C(=O)NCCC[C@H](N)CN)c1. The van der Waals surface area contributed by atoms with Gasteiger partial charge in [-0.1, -0.05) is 60.2 Å². The van der Waals surface area contributed by atoms with Gasteiger partial charge in [0.05, 0.1) is 0 Å². The van der Waals surface area contributed by atoms with Gasteiger partial charge in [0.15, 0.2) is 0 Å². The predicted molar refractivity (Wildman–Crippen MR) is 117 cm³/mol. The van der Waals surface area contributed by atoms with Gasteiger partial charge in [0.25, 0.3) is 0 Å². The average molecular weight is 382 g/mol. The van der Waals surface area contributed by atoms with E-state index in [4.69, 9.17) is 11.5 Å². The van der Waals surface area contributed by atoms with Crippen molar-refractivity contribution >= 4 is 5.91 Å². The molecular formula is C24H35N3O. The van der Waals surface area contributed by atoms with Gasteiger partial charge < -0.3 is 16.8 Å². The molecule has 4 heteroatoms. The number of aryl methyl sites for hydroxylation is 3. The number of carbonyl (C=O) groups is 1. The number of nitrogens with one attached hydrogen (secondary N) is 1. The van der Waals surface area contributed by atoms with E-state index in [2.05, 4.69) is 60.8 Å². The minimum Gasteiger partial charge on any atom is -0.356 e.